The molecule has 1 N–H and O–H groups in total. The summed E-state index contributed by atoms with van der Waals surface area (Å²) in [6, 6.07) is 8.85. The first-order valence-corrected chi connectivity index (χ1v) is 8.20. The van der Waals surface area contributed by atoms with Crippen LogP contribution >= 0.6 is 11.6 Å². The average molecular weight is 292 g/mol. The molecule has 0 saturated heterocycles. The van der Waals surface area contributed by atoms with Gasteiger partial charge in [-0.25, -0.2) is 0 Å². The quantitative estimate of drug-likeness (QED) is 0.827. The number of hydrogen-bond donors (Lipinski definition) is 1. The first-order chi connectivity index (χ1) is 9.72. The fraction of sp³-hybridized carbons (Fsp3) is 0.588. The minimum absolute atomic E-state index is 0.206. The van der Waals surface area contributed by atoms with Crippen LogP contribution in [-0.4, -0.2) is 17.8 Å². The van der Waals surface area contributed by atoms with Crippen molar-refractivity contribution in [2.75, 3.05) is 5.88 Å². The van der Waals surface area contributed by atoms with Crippen molar-refractivity contribution in [2.45, 2.75) is 44.6 Å². The fourth-order valence-corrected chi connectivity index (χ4v) is 3.87. The van der Waals surface area contributed by atoms with Crippen LogP contribution in [0.15, 0.2) is 24.3 Å². The lowest BCUT2D eigenvalue weighted by Gasteiger charge is -2.13. The van der Waals surface area contributed by atoms with Gasteiger partial charge >= 0.3 is 0 Å². The minimum atomic E-state index is 0.206. The largest absolute Gasteiger partial charge is 0.353 e. The van der Waals surface area contributed by atoms with Gasteiger partial charge in [-0.2, -0.15) is 0 Å². The highest BCUT2D eigenvalue weighted by Crippen LogP contribution is 2.59. The lowest BCUT2D eigenvalue weighted by atomic mass is 9.92. The van der Waals surface area contributed by atoms with Gasteiger partial charge in [-0.1, -0.05) is 24.3 Å². The monoisotopic (exact) mass is 291 g/mol. The van der Waals surface area contributed by atoms with Gasteiger partial charge < -0.3 is 5.32 Å². The van der Waals surface area contributed by atoms with E-state index in [1.165, 1.54) is 11.1 Å². The highest BCUT2D eigenvalue weighted by molar-refractivity contribution is 6.17. The second-order valence-electron chi connectivity index (χ2n) is 6.19. The Kier molecular flexibility index (Phi) is 4.02. The van der Waals surface area contributed by atoms with Crippen LogP contribution in [0.5, 0.6) is 0 Å². The van der Waals surface area contributed by atoms with Crippen LogP contribution in [0.2, 0.25) is 0 Å². The Balaban J connectivity index is 1.62. The van der Waals surface area contributed by atoms with Gasteiger partial charge in [-0.3, -0.25) is 4.79 Å². The smallest absolute Gasteiger partial charge is 0.224 e. The Morgan fingerprint density at radius 3 is 3.05 bits per heavy atom. The van der Waals surface area contributed by atoms with Crippen molar-refractivity contribution in [3.8, 4) is 0 Å². The summed E-state index contributed by atoms with van der Waals surface area (Å²) in [6.07, 6.45) is 4.22. The fourth-order valence-electron chi connectivity index (χ4n) is 3.72. The molecule has 0 heterocycles. The van der Waals surface area contributed by atoms with Crippen LogP contribution in [0.1, 0.15) is 43.2 Å². The van der Waals surface area contributed by atoms with Gasteiger partial charge in [0.05, 0.1) is 0 Å². The summed E-state index contributed by atoms with van der Waals surface area (Å²) in [5.41, 5.74) is 2.86. The molecule has 108 valence electrons. The molecule has 1 amide bonds. The third-order valence-corrected chi connectivity index (χ3v) is 5.06. The third-order valence-electron chi connectivity index (χ3n) is 4.79. The summed E-state index contributed by atoms with van der Waals surface area (Å²) in [5.74, 6) is 2.17. The number of benzene rings is 1. The zero-order valence-electron chi connectivity index (χ0n) is 11.9. The van der Waals surface area contributed by atoms with Crippen molar-refractivity contribution in [1.82, 2.24) is 5.32 Å². The molecule has 2 aliphatic carbocycles. The number of nitrogens with one attached hydrogen (secondary N) is 1. The van der Waals surface area contributed by atoms with Crippen LogP contribution in [0.3, 0.4) is 0 Å². The van der Waals surface area contributed by atoms with Gasteiger partial charge in [0.25, 0.3) is 0 Å². The Morgan fingerprint density at radius 2 is 2.25 bits per heavy atom. The van der Waals surface area contributed by atoms with Gasteiger partial charge in [0.1, 0.15) is 0 Å². The molecule has 0 aromatic heterocycles. The number of hydrogen-bond acceptors (Lipinski definition) is 1. The zero-order chi connectivity index (χ0) is 14.1. The molecule has 3 heteroatoms. The Labute approximate surface area is 125 Å². The highest BCUT2D eigenvalue weighted by atomic mass is 35.5. The van der Waals surface area contributed by atoms with Gasteiger partial charge in [-0.15, -0.1) is 11.6 Å². The van der Waals surface area contributed by atoms with Crippen LogP contribution < -0.4 is 5.32 Å². The number of amides is 1. The molecular weight excluding hydrogens is 270 g/mol. The number of fused-ring (bicyclic) bond motifs is 3. The van der Waals surface area contributed by atoms with Gasteiger partial charge in [-0.05, 0) is 55.6 Å². The Morgan fingerprint density at radius 1 is 1.45 bits per heavy atom. The molecule has 1 aromatic carbocycles. The van der Waals surface area contributed by atoms with Crippen molar-refractivity contribution in [3.05, 3.63) is 35.4 Å². The molecule has 1 aromatic rings. The lowest BCUT2D eigenvalue weighted by Crippen LogP contribution is -2.34. The molecule has 1 fully saturated rings. The van der Waals surface area contributed by atoms with E-state index in [1.54, 1.807) is 0 Å². The highest BCUT2D eigenvalue weighted by Gasteiger charge is 2.56. The van der Waals surface area contributed by atoms with E-state index in [0.29, 0.717) is 17.7 Å². The maximum atomic E-state index is 12.4. The normalized spacial score (nSPS) is 28.2. The van der Waals surface area contributed by atoms with Crippen molar-refractivity contribution in [2.24, 2.45) is 11.8 Å². The second-order valence-corrected chi connectivity index (χ2v) is 6.57. The molecule has 0 bridgehead atoms. The molecule has 3 rings (SSSR count). The van der Waals surface area contributed by atoms with E-state index >= 15 is 0 Å². The summed E-state index contributed by atoms with van der Waals surface area (Å²) in [7, 11) is 0. The molecular formula is C17H22ClNO. The Bertz CT molecular complexity index is 502. The van der Waals surface area contributed by atoms with Crippen LogP contribution in [0.4, 0.5) is 0 Å². The number of halogens is 1. The number of carbonyl (C=O) groups is 1. The van der Waals surface area contributed by atoms with Crippen molar-refractivity contribution < 1.29 is 4.79 Å². The summed E-state index contributed by atoms with van der Waals surface area (Å²) in [4.78, 5) is 12.4. The summed E-state index contributed by atoms with van der Waals surface area (Å²) >= 11 is 5.70. The average Bonchev–Trinajstić information content (AvgIpc) is 3.20. The van der Waals surface area contributed by atoms with Gasteiger partial charge in [0.2, 0.25) is 5.91 Å². The van der Waals surface area contributed by atoms with E-state index in [-0.39, 0.29) is 17.9 Å². The van der Waals surface area contributed by atoms with Crippen LogP contribution in [0.25, 0.3) is 0 Å². The Hall–Kier alpha value is -1.02. The standard InChI is InChI=1S/C17H22ClNO/c1-11(5-4-10-18)19-17(20)16-14-9-8-12-6-2-3-7-13(12)15(14)16/h2-3,6-7,11,14-16H,4-5,8-10H2,1H3,(H,19,20). The first kappa shape index (κ1) is 13.9. The molecule has 2 nitrogen and oxygen atoms in total. The number of aryl methyl sites for hydroxylation is 1. The molecule has 20 heavy (non-hydrogen) atoms. The topological polar surface area (TPSA) is 29.1 Å². The van der Waals surface area contributed by atoms with Crippen LogP contribution in [0, 0.1) is 11.8 Å². The lowest BCUT2D eigenvalue weighted by molar-refractivity contribution is -0.123. The molecule has 1 saturated carbocycles. The number of carbonyl (C=O) groups excluding carboxylic acids is 1. The first-order valence-electron chi connectivity index (χ1n) is 7.66. The van der Waals surface area contributed by atoms with E-state index in [1.807, 2.05) is 0 Å². The second kappa shape index (κ2) is 5.77. The molecule has 4 unspecified atom stereocenters. The van der Waals surface area contributed by atoms with Crippen molar-refractivity contribution >= 4 is 17.5 Å². The number of alkyl halides is 1. The zero-order valence-corrected chi connectivity index (χ0v) is 12.7. The van der Waals surface area contributed by atoms with E-state index < -0.39 is 0 Å². The SMILES string of the molecule is CC(CCCCl)NC(=O)C1C2CCc3ccccc3C21. The molecule has 0 radical (unpaired) electrons. The third kappa shape index (κ3) is 2.58. The molecule has 0 spiro atoms. The summed E-state index contributed by atoms with van der Waals surface area (Å²) in [5, 5.41) is 3.17. The summed E-state index contributed by atoms with van der Waals surface area (Å²) < 4.78 is 0. The van der Waals surface area contributed by atoms with Crippen LogP contribution in [-0.2, 0) is 11.2 Å². The predicted molar refractivity (Wildman–Crippen MR) is 82.0 cm³/mol. The summed E-state index contributed by atoms with van der Waals surface area (Å²) in [6.45, 7) is 2.07. The van der Waals surface area contributed by atoms with E-state index in [4.69, 9.17) is 11.6 Å². The molecule has 0 aliphatic heterocycles. The van der Waals surface area contributed by atoms with Crippen molar-refractivity contribution in [1.29, 1.82) is 0 Å². The van der Waals surface area contributed by atoms with E-state index in [0.717, 1.165) is 25.7 Å². The maximum absolute atomic E-state index is 12.4. The van der Waals surface area contributed by atoms with E-state index in [9.17, 15) is 4.79 Å². The van der Waals surface area contributed by atoms with Crippen molar-refractivity contribution in [3.63, 3.8) is 0 Å². The number of rotatable bonds is 5. The predicted octanol–water partition coefficient (Wildman–Crippen LogP) is 3.49. The maximum Gasteiger partial charge on any atom is 0.224 e. The molecule has 4 atom stereocenters. The van der Waals surface area contributed by atoms with Gasteiger partial charge in [0.15, 0.2) is 0 Å². The van der Waals surface area contributed by atoms with Gasteiger partial charge in [0, 0.05) is 17.8 Å². The minimum Gasteiger partial charge on any atom is -0.353 e. The molecule has 2 aliphatic rings. The van der Waals surface area contributed by atoms with E-state index in [2.05, 4.69) is 36.5 Å².